The fourth-order valence-corrected chi connectivity index (χ4v) is 0.886. The number of nitrogens with two attached hydrogens (primary N) is 1. The molecule has 0 saturated heterocycles. The first-order valence-electron chi connectivity index (χ1n) is 3.91. The van der Waals surface area contributed by atoms with Crippen LogP contribution in [0, 0.1) is 5.41 Å². The number of nitrogens with one attached hydrogen (secondary N) is 2. The second kappa shape index (κ2) is 5.40. The Balaban J connectivity index is 4.02. The molecule has 12 heavy (non-hydrogen) atoms. The smallest absolute Gasteiger partial charge is 0.317 e. The van der Waals surface area contributed by atoms with E-state index < -0.39 is 0 Å². The molecule has 0 atom stereocenters. The molecule has 0 aromatic carbocycles. The Labute approximate surface area is 72.4 Å². The van der Waals surface area contributed by atoms with Gasteiger partial charge in [-0.25, -0.2) is 4.79 Å². The summed E-state index contributed by atoms with van der Waals surface area (Å²) in [5.41, 5.74) is 5.18. The molecule has 0 rings (SSSR count). The molecule has 0 aromatic rings. The van der Waals surface area contributed by atoms with Crippen LogP contribution in [0.25, 0.3) is 0 Å². The predicted octanol–water partition coefficient (Wildman–Crippen LogP) is -0.0262. The van der Waals surface area contributed by atoms with Crippen molar-refractivity contribution in [2.24, 2.45) is 5.73 Å². The average molecular weight is 172 g/mol. The van der Waals surface area contributed by atoms with Gasteiger partial charge in [-0.3, -0.25) is 5.41 Å². The molecule has 2 amide bonds. The Kier molecular flexibility index (Phi) is 4.83. The molecule has 0 aliphatic rings. The quantitative estimate of drug-likeness (QED) is 0.411. The third-order valence-electron chi connectivity index (χ3n) is 1.36. The molecule has 0 aliphatic carbocycles. The summed E-state index contributed by atoms with van der Waals surface area (Å²) in [6.45, 7) is 2.79. The van der Waals surface area contributed by atoms with Gasteiger partial charge in [-0.2, -0.15) is 0 Å². The molecular weight excluding hydrogens is 156 g/mol. The van der Waals surface area contributed by atoms with E-state index in [1.165, 1.54) is 4.90 Å². The van der Waals surface area contributed by atoms with Crippen LogP contribution < -0.4 is 11.1 Å². The molecule has 0 heterocycles. The van der Waals surface area contributed by atoms with Gasteiger partial charge in [0.2, 0.25) is 0 Å². The minimum atomic E-state index is -0.188. The van der Waals surface area contributed by atoms with Gasteiger partial charge in [-0.05, 0) is 6.42 Å². The van der Waals surface area contributed by atoms with Crippen molar-refractivity contribution in [1.29, 1.82) is 5.41 Å². The van der Waals surface area contributed by atoms with Crippen LogP contribution in [0.2, 0.25) is 0 Å². The van der Waals surface area contributed by atoms with E-state index >= 15 is 0 Å². The molecular formula is C7H16N4O. The highest BCUT2D eigenvalue weighted by Gasteiger charge is 2.10. The minimum Gasteiger partial charge on any atom is -0.386 e. The zero-order valence-electron chi connectivity index (χ0n) is 7.55. The standard InChI is InChI=1S/C7H16N4O/c1-3-4-11(5-6(8)9)7(12)10-2/h3-5H2,1-2H3,(H3,8,9)(H,10,12). The number of nitrogens with zero attached hydrogens (tertiary/aromatic N) is 1. The van der Waals surface area contributed by atoms with Crippen LogP contribution in [0.3, 0.4) is 0 Å². The van der Waals surface area contributed by atoms with Crippen LogP contribution in [-0.2, 0) is 0 Å². The second-order valence-corrected chi connectivity index (χ2v) is 2.50. The van der Waals surface area contributed by atoms with E-state index in [1.807, 2.05) is 6.92 Å². The van der Waals surface area contributed by atoms with Crippen LogP contribution in [0.15, 0.2) is 0 Å². The number of amidine groups is 1. The number of hydrogen-bond donors (Lipinski definition) is 3. The van der Waals surface area contributed by atoms with Gasteiger partial charge in [0.15, 0.2) is 0 Å². The zero-order chi connectivity index (χ0) is 9.56. The topological polar surface area (TPSA) is 82.2 Å². The fraction of sp³-hybridized carbons (Fsp3) is 0.714. The lowest BCUT2D eigenvalue weighted by molar-refractivity contribution is 0.207. The molecule has 5 heteroatoms. The van der Waals surface area contributed by atoms with Crippen molar-refractivity contribution in [2.75, 3.05) is 20.1 Å². The van der Waals surface area contributed by atoms with Crippen molar-refractivity contribution < 1.29 is 4.79 Å². The third-order valence-corrected chi connectivity index (χ3v) is 1.36. The number of amides is 2. The van der Waals surface area contributed by atoms with E-state index in [-0.39, 0.29) is 18.4 Å². The molecule has 0 radical (unpaired) electrons. The van der Waals surface area contributed by atoms with E-state index in [0.29, 0.717) is 6.54 Å². The maximum absolute atomic E-state index is 11.1. The minimum absolute atomic E-state index is 0.00653. The van der Waals surface area contributed by atoms with Crippen molar-refractivity contribution in [3.8, 4) is 0 Å². The largest absolute Gasteiger partial charge is 0.386 e. The van der Waals surface area contributed by atoms with Crippen molar-refractivity contribution >= 4 is 11.9 Å². The molecule has 4 N–H and O–H groups in total. The van der Waals surface area contributed by atoms with Gasteiger partial charge >= 0.3 is 6.03 Å². The summed E-state index contributed by atoms with van der Waals surface area (Å²) in [5, 5.41) is 9.52. The monoisotopic (exact) mass is 172 g/mol. The van der Waals surface area contributed by atoms with Gasteiger partial charge < -0.3 is 16.0 Å². The van der Waals surface area contributed by atoms with Gasteiger partial charge in [-0.1, -0.05) is 6.92 Å². The molecule has 0 bridgehead atoms. The lowest BCUT2D eigenvalue weighted by atomic mass is 10.4. The molecule has 5 nitrogen and oxygen atoms in total. The number of carbonyl (C=O) groups excluding carboxylic acids is 1. The number of hydrogen-bond acceptors (Lipinski definition) is 2. The SMILES string of the molecule is CCCN(CC(=N)N)C(=O)NC. The Morgan fingerprint density at radius 3 is 2.58 bits per heavy atom. The van der Waals surface area contributed by atoms with Crippen LogP contribution in [0.4, 0.5) is 4.79 Å². The normalized spacial score (nSPS) is 9.17. The van der Waals surface area contributed by atoms with Crippen LogP contribution in [-0.4, -0.2) is 36.9 Å². The van der Waals surface area contributed by atoms with E-state index in [2.05, 4.69) is 5.32 Å². The summed E-state index contributed by atoms with van der Waals surface area (Å²) in [6, 6.07) is -0.188. The van der Waals surface area contributed by atoms with Crippen molar-refractivity contribution in [1.82, 2.24) is 10.2 Å². The Hall–Kier alpha value is -1.26. The summed E-state index contributed by atoms with van der Waals surface area (Å²) >= 11 is 0. The van der Waals surface area contributed by atoms with Gasteiger partial charge in [-0.15, -0.1) is 0 Å². The van der Waals surface area contributed by atoms with Crippen LogP contribution >= 0.6 is 0 Å². The fourth-order valence-electron chi connectivity index (χ4n) is 0.886. The summed E-state index contributed by atoms with van der Waals surface area (Å²) in [5.74, 6) is 0.00653. The first-order chi connectivity index (χ1) is 5.61. The van der Waals surface area contributed by atoms with Gasteiger partial charge in [0.25, 0.3) is 0 Å². The predicted molar refractivity (Wildman–Crippen MR) is 48.2 cm³/mol. The van der Waals surface area contributed by atoms with Crippen LogP contribution in [0.5, 0.6) is 0 Å². The lowest BCUT2D eigenvalue weighted by Gasteiger charge is -2.20. The van der Waals surface area contributed by atoms with Crippen LogP contribution in [0.1, 0.15) is 13.3 Å². The van der Waals surface area contributed by atoms with E-state index in [0.717, 1.165) is 6.42 Å². The first-order valence-corrected chi connectivity index (χ1v) is 3.91. The number of urea groups is 1. The average Bonchev–Trinajstić information content (AvgIpc) is 2.01. The Morgan fingerprint density at radius 1 is 1.67 bits per heavy atom. The van der Waals surface area contributed by atoms with E-state index in [1.54, 1.807) is 7.05 Å². The maximum atomic E-state index is 11.1. The highest BCUT2D eigenvalue weighted by atomic mass is 16.2. The van der Waals surface area contributed by atoms with E-state index in [4.69, 9.17) is 11.1 Å². The molecule has 0 fully saturated rings. The van der Waals surface area contributed by atoms with Gasteiger partial charge in [0.05, 0.1) is 6.54 Å². The summed E-state index contributed by atoms with van der Waals surface area (Å²) < 4.78 is 0. The highest BCUT2D eigenvalue weighted by Crippen LogP contribution is 1.90. The second-order valence-electron chi connectivity index (χ2n) is 2.50. The van der Waals surface area contributed by atoms with Crippen molar-refractivity contribution in [3.63, 3.8) is 0 Å². The van der Waals surface area contributed by atoms with Gasteiger partial charge in [0.1, 0.15) is 5.84 Å². The third kappa shape index (κ3) is 3.80. The van der Waals surface area contributed by atoms with Gasteiger partial charge in [0, 0.05) is 13.6 Å². The zero-order valence-corrected chi connectivity index (χ0v) is 7.55. The number of carbonyl (C=O) groups is 1. The molecule has 70 valence electrons. The lowest BCUT2D eigenvalue weighted by Crippen LogP contribution is -2.43. The van der Waals surface area contributed by atoms with E-state index in [9.17, 15) is 4.79 Å². The molecule has 0 unspecified atom stereocenters. The highest BCUT2D eigenvalue weighted by molar-refractivity contribution is 5.84. The van der Waals surface area contributed by atoms with Crippen molar-refractivity contribution in [3.05, 3.63) is 0 Å². The Bertz CT molecular complexity index is 169. The number of rotatable bonds is 4. The summed E-state index contributed by atoms with van der Waals surface area (Å²) in [4.78, 5) is 12.6. The summed E-state index contributed by atoms with van der Waals surface area (Å²) in [7, 11) is 1.56. The molecule has 0 saturated carbocycles. The molecule has 0 spiro atoms. The first kappa shape index (κ1) is 10.7. The molecule has 0 aromatic heterocycles. The maximum Gasteiger partial charge on any atom is 0.317 e. The molecule has 0 aliphatic heterocycles. The summed E-state index contributed by atoms with van der Waals surface area (Å²) in [6.07, 6.45) is 0.862. The van der Waals surface area contributed by atoms with Crippen molar-refractivity contribution in [2.45, 2.75) is 13.3 Å². The Morgan fingerprint density at radius 2 is 2.25 bits per heavy atom.